The summed E-state index contributed by atoms with van der Waals surface area (Å²) >= 11 is 0. The van der Waals surface area contributed by atoms with E-state index >= 15 is 0 Å². The quantitative estimate of drug-likeness (QED) is 0.228. The fourth-order valence-electron chi connectivity index (χ4n) is 7.67. The molecule has 4 rings (SSSR count). The van der Waals surface area contributed by atoms with Crippen LogP contribution in [0.25, 0.3) is 0 Å². The maximum absolute atomic E-state index is 14.2. The number of Topliss-reactive ketones (excluding diaryl/α,β-unsaturated/α-hetero) is 1. The van der Waals surface area contributed by atoms with Gasteiger partial charge in [-0.2, -0.15) is 0 Å². The minimum Gasteiger partial charge on any atom is -0.458 e. The second kappa shape index (κ2) is 13.4. The smallest absolute Gasteiger partial charge is 0.337 e. The second-order valence-electron chi connectivity index (χ2n) is 13.9. The van der Waals surface area contributed by atoms with Crippen molar-refractivity contribution in [2.24, 2.45) is 16.7 Å². The molecule has 11 heteroatoms. The number of hydrogen-bond donors (Lipinski definition) is 3. The van der Waals surface area contributed by atoms with Crippen molar-refractivity contribution in [1.82, 2.24) is 4.90 Å². The average molecular weight is 642 g/mol. The maximum atomic E-state index is 14.2. The number of likely N-dealkylation sites (N-methyl/N-ethyl adjacent to an activating group) is 1. The molecule has 0 unspecified atom stereocenters. The van der Waals surface area contributed by atoms with Gasteiger partial charge in [0.25, 0.3) is 0 Å². The average Bonchev–Trinajstić information content (AvgIpc) is 2.95. The summed E-state index contributed by atoms with van der Waals surface area (Å²) < 4.78 is 17.4. The number of benzene rings is 1. The van der Waals surface area contributed by atoms with Crippen molar-refractivity contribution >= 4 is 23.7 Å². The number of esters is 3. The largest absolute Gasteiger partial charge is 0.458 e. The van der Waals surface area contributed by atoms with E-state index in [1.165, 1.54) is 13.8 Å². The zero-order chi connectivity index (χ0) is 34.3. The topological polar surface area (TPSA) is 160 Å². The molecule has 1 aromatic rings. The number of ketones is 1. The van der Waals surface area contributed by atoms with Crippen molar-refractivity contribution in [3.8, 4) is 0 Å². The standard InChI is InChI=1S/C35H47NO10/c1-18-24(44-19(2)37)15-23-26(45-20(3)38)14-22-17-35(6,32(42)30(40)28(18)34(23,4)5)27(39)16-25(22)46-33(43)31(41)29(36(7)8)21-12-10-9-11-13-21/h9-14,23-27,29-31,39-41H,15-17H2,1-8H3/b22-14+/t23-,24-,25-,26-,27-,29-,30+,31+,35-/m0/s1. The Hall–Kier alpha value is -3.38. The van der Waals surface area contributed by atoms with Gasteiger partial charge in [-0.3, -0.25) is 19.3 Å². The summed E-state index contributed by atoms with van der Waals surface area (Å²) in [5.41, 5.74) is -0.440. The van der Waals surface area contributed by atoms with Gasteiger partial charge in [0.05, 0.1) is 17.6 Å². The molecule has 9 atom stereocenters. The van der Waals surface area contributed by atoms with Crippen LogP contribution in [0.2, 0.25) is 0 Å². The summed E-state index contributed by atoms with van der Waals surface area (Å²) in [4.78, 5) is 54.0. The summed E-state index contributed by atoms with van der Waals surface area (Å²) in [6.07, 6.45) is -5.77. The SMILES string of the molecule is CC(=O)O[C@H]1C[C@H]2[C@@H](OC(C)=O)/C=C3\C[C@](C)(C(=O)[C@H](O)C(=C1C)C2(C)C)[C@@H](O)C[C@@H]3OC(=O)[C@H](O)[C@H](c1ccccc1)N(C)C. The fraction of sp³-hybridized carbons (Fsp3) is 0.600. The Morgan fingerprint density at radius 3 is 2.11 bits per heavy atom. The molecule has 0 amide bonds. The van der Waals surface area contributed by atoms with E-state index in [4.69, 9.17) is 14.2 Å². The van der Waals surface area contributed by atoms with E-state index in [0.29, 0.717) is 22.3 Å². The van der Waals surface area contributed by atoms with E-state index in [1.807, 2.05) is 19.9 Å². The van der Waals surface area contributed by atoms with Gasteiger partial charge in [-0.15, -0.1) is 0 Å². The Morgan fingerprint density at radius 2 is 1.54 bits per heavy atom. The third-order valence-electron chi connectivity index (χ3n) is 10.1. The summed E-state index contributed by atoms with van der Waals surface area (Å²) in [6, 6.07) is 8.28. The highest BCUT2D eigenvalue weighted by molar-refractivity contribution is 5.92. The monoisotopic (exact) mass is 641 g/mol. The summed E-state index contributed by atoms with van der Waals surface area (Å²) in [7, 11) is 3.46. The Bertz CT molecular complexity index is 1420. The van der Waals surface area contributed by atoms with E-state index in [-0.39, 0.29) is 19.3 Å². The lowest BCUT2D eigenvalue weighted by Gasteiger charge is -2.51. The first-order valence-electron chi connectivity index (χ1n) is 15.7. The number of aliphatic hydroxyl groups is 3. The zero-order valence-electron chi connectivity index (χ0n) is 27.9. The summed E-state index contributed by atoms with van der Waals surface area (Å²) in [6.45, 7) is 9.47. The van der Waals surface area contributed by atoms with Crippen LogP contribution in [0.15, 0.2) is 53.1 Å². The molecular weight excluding hydrogens is 594 g/mol. The first kappa shape index (κ1) is 35.5. The third kappa shape index (κ3) is 6.69. The molecule has 0 spiro atoms. The van der Waals surface area contributed by atoms with Crippen LogP contribution < -0.4 is 0 Å². The molecule has 3 N–H and O–H groups in total. The van der Waals surface area contributed by atoms with Crippen molar-refractivity contribution < 1.29 is 48.7 Å². The van der Waals surface area contributed by atoms with Gasteiger partial charge >= 0.3 is 17.9 Å². The van der Waals surface area contributed by atoms with Crippen LogP contribution in [0.3, 0.4) is 0 Å². The molecule has 4 bridgehead atoms. The molecule has 0 radical (unpaired) electrons. The van der Waals surface area contributed by atoms with Crippen molar-refractivity contribution in [1.29, 1.82) is 0 Å². The predicted octanol–water partition coefficient (Wildman–Crippen LogP) is 2.82. The van der Waals surface area contributed by atoms with Gasteiger partial charge < -0.3 is 29.5 Å². The minimum atomic E-state index is -1.65. The maximum Gasteiger partial charge on any atom is 0.337 e. The lowest BCUT2D eigenvalue weighted by atomic mass is 9.57. The normalized spacial score (nSPS) is 33.3. The van der Waals surface area contributed by atoms with Gasteiger partial charge in [0, 0.05) is 26.2 Å². The number of nitrogens with zero attached hydrogens (tertiary/aromatic N) is 1. The number of carbonyl (C=O) groups is 4. The van der Waals surface area contributed by atoms with E-state index < -0.39 is 83.1 Å². The Morgan fingerprint density at radius 1 is 0.935 bits per heavy atom. The first-order chi connectivity index (χ1) is 21.4. The van der Waals surface area contributed by atoms with E-state index in [9.17, 15) is 34.5 Å². The summed E-state index contributed by atoms with van der Waals surface area (Å²) in [5.74, 6) is -3.24. The Kier molecular flexibility index (Phi) is 10.3. The molecule has 11 nitrogen and oxygen atoms in total. The van der Waals surface area contributed by atoms with Gasteiger partial charge in [-0.05, 0) is 74.6 Å². The fourth-order valence-corrected chi connectivity index (χ4v) is 7.67. The minimum absolute atomic E-state index is 0.0987. The molecule has 1 fully saturated rings. The van der Waals surface area contributed by atoms with Gasteiger partial charge in [-0.1, -0.05) is 44.2 Å². The number of carbonyl (C=O) groups excluding carboxylic acids is 4. The molecule has 252 valence electrons. The number of fused-ring (bicyclic) bond motifs is 4. The first-order valence-corrected chi connectivity index (χ1v) is 15.7. The molecule has 0 saturated heterocycles. The van der Waals surface area contributed by atoms with Crippen LogP contribution in [0.1, 0.15) is 72.4 Å². The molecular formula is C35H47NO10. The number of hydrogen-bond acceptors (Lipinski definition) is 11. The van der Waals surface area contributed by atoms with Crippen molar-refractivity contribution in [3.63, 3.8) is 0 Å². The van der Waals surface area contributed by atoms with Crippen LogP contribution in [-0.2, 0) is 33.4 Å². The predicted molar refractivity (Wildman–Crippen MR) is 167 cm³/mol. The molecule has 46 heavy (non-hydrogen) atoms. The summed E-state index contributed by atoms with van der Waals surface area (Å²) in [5, 5.41) is 34.4. The highest BCUT2D eigenvalue weighted by Crippen LogP contribution is 2.53. The van der Waals surface area contributed by atoms with Crippen molar-refractivity contribution in [2.75, 3.05) is 14.1 Å². The van der Waals surface area contributed by atoms with Crippen molar-refractivity contribution in [3.05, 3.63) is 58.7 Å². The van der Waals surface area contributed by atoms with Crippen LogP contribution in [0, 0.1) is 16.7 Å². The molecule has 1 aromatic carbocycles. The van der Waals surface area contributed by atoms with Crippen LogP contribution >= 0.6 is 0 Å². The lowest BCUT2D eigenvalue weighted by Crippen LogP contribution is -2.56. The second-order valence-corrected chi connectivity index (χ2v) is 13.9. The third-order valence-corrected chi connectivity index (χ3v) is 10.1. The highest BCUT2D eigenvalue weighted by Gasteiger charge is 2.56. The number of ether oxygens (including phenoxy) is 3. The van der Waals surface area contributed by atoms with Gasteiger partial charge in [0.15, 0.2) is 11.9 Å². The molecule has 3 aliphatic rings. The molecule has 0 aliphatic heterocycles. The lowest BCUT2D eigenvalue weighted by molar-refractivity contribution is -0.167. The molecule has 0 heterocycles. The highest BCUT2D eigenvalue weighted by atomic mass is 16.6. The van der Waals surface area contributed by atoms with Gasteiger partial charge in [0.2, 0.25) is 0 Å². The van der Waals surface area contributed by atoms with E-state index in [0.717, 1.165) is 0 Å². The Labute approximate surface area is 270 Å². The molecule has 0 aromatic heterocycles. The molecule has 3 aliphatic carbocycles. The van der Waals surface area contributed by atoms with Crippen LogP contribution in [-0.4, -0.2) is 94.6 Å². The Balaban J connectivity index is 1.82. The molecule has 1 saturated carbocycles. The van der Waals surface area contributed by atoms with Crippen LogP contribution in [0.5, 0.6) is 0 Å². The van der Waals surface area contributed by atoms with Crippen molar-refractivity contribution in [2.45, 2.75) is 103 Å². The van der Waals surface area contributed by atoms with Gasteiger partial charge in [-0.25, -0.2) is 4.79 Å². The van der Waals surface area contributed by atoms with Gasteiger partial charge in [0.1, 0.15) is 24.4 Å². The van der Waals surface area contributed by atoms with Crippen LogP contribution in [0.4, 0.5) is 0 Å². The van der Waals surface area contributed by atoms with E-state index in [2.05, 4.69) is 0 Å². The number of aliphatic hydroxyl groups excluding tert-OH is 3. The zero-order valence-corrected chi connectivity index (χ0v) is 27.9. The van der Waals surface area contributed by atoms with E-state index in [1.54, 1.807) is 63.2 Å². The number of rotatable bonds is 7.